The van der Waals surface area contributed by atoms with E-state index >= 15 is 0 Å². The quantitative estimate of drug-likeness (QED) is 0.661. The second-order valence-corrected chi connectivity index (χ2v) is 5.63. The van der Waals surface area contributed by atoms with Gasteiger partial charge in [0.1, 0.15) is 5.82 Å². The van der Waals surface area contributed by atoms with Gasteiger partial charge in [-0.2, -0.15) is 0 Å². The molecule has 0 aliphatic heterocycles. The molecule has 1 aromatic heterocycles. The Bertz CT molecular complexity index is 604. The van der Waals surface area contributed by atoms with E-state index in [1.54, 1.807) is 6.20 Å². The first-order valence-corrected chi connectivity index (χ1v) is 7.60. The van der Waals surface area contributed by atoms with Crippen LogP contribution in [0, 0.1) is 0 Å². The zero-order valence-corrected chi connectivity index (χ0v) is 12.6. The Morgan fingerprint density at radius 1 is 1.36 bits per heavy atom. The van der Waals surface area contributed by atoms with Crippen molar-refractivity contribution in [3.8, 4) is 0 Å². The highest BCUT2D eigenvalue weighted by Gasteiger charge is 2.23. The van der Waals surface area contributed by atoms with Crippen molar-refractivity contribution in [2.45, 2.75) is 38.4 Å². The number of benzene rings is 1. The number of hydrogen-bond acceptors (Lipinski definition) is 3. The van der Waals surface area contributed by atoms with Gasteiger partial charge in [-0.1, -0.05) is 12.1 Å². The fourth-order valence-corrected chi connectivity index (χ4v) is 2.20. The Morgan fingerprint density at radius 2 is 2.14 bits per heavy atom. The zero-order valence-electron chi connectivity index (χ0n) is 12.6. The molecule has 1 saturated carbocycles. The molecule has 0 saturated heterocycles. The van der Waals surface area contributed by atoms with E-state index in [2.05, 4.69) is 32.8 Å². The molecule has 4 N–H and O–H groups in total. The molecule has 0 spiro atoms. The Balaban J connectivity index is 1.50. The molecule has 0 bridgehead atoms. The summed E-state index contributed by atoms with van der Waals surface area (Å²) >= 11 is 0. The fourth-order valence-electron chi connectivity index (χ4n) is 2.20. The van der Waals surface area contributed by atoms with Crippen molar-refractivity contribution in [1.29, 1.82) is 0 Å². The Morgan fingerprint density at radius 3 is 2.77 bits per heavy atom. The lowest BCUT2D eigenvalue weighted by Gasteiger charge is -2.14. The van der Waals surface area contributed by atoms with Gasteiger partial charge in [0.15, 0.2) is 0 Å². The number of rotatable bonds is 6. The molecule has 1 aliphatic rings. The molecule has 0 radical (unpaired) electrons. The van der Waals surface area contributed by atoms with Crippen LogP contribution in [0.1, 0.15) is 37.2 Å². The highest BCUT2D eigenvalue weighted by atomic mass is 16.2. The third kappa shape index (κ3) is 4.08. The van der Waals surface area contributed by atoms with Crippen LogP contribution in [-0.4, -0.2) is 22.0 Å². The van der Waals surface area contributed by atoms with Gasteiger partial charge in [0.2, 0.25) is 0 Å². The molecule has 1 heterocycles. The summed E-state index contributed by atoms with van der Waals surface area (Å²) in [5.41, 5.74) is 1.97. The van der Waals surface area contributed by atoms with Gasteiger partial charge in [-0.25, -0.2) is 9.78 Å². The van der Waals surface area contributed by atoms with Crippen molar-refractivity contribution in [3.05, 3.63) is 48.0 Å². The SMILES string of the molecule is CC(NCc1ncc[nH]1)c1ccc(NC(=O)NC2CC2)cc1. The number of H-pyrrole nitrogens is 1. The van der Waals surface area contributed by atoms with E-state index in [0.717, 1.165) is 24.4 Å². The average molecular weight is 299 g/mol. The van der Waals surface area contributed by atoms with Gasteiger partial charge in [0.05, 0.1) is 6.54 Å². The minimum atomic E-state index is -0.126. The van der Waals surface area contributed by atoms with E-state index < -0.39 is 0 Å². The number of anilines is 1. The Kier molecular flexibility index (Phi) is 4.39. The maximum absolute atomic E-state index is 11.7. The van der Waals surface area contributed by atoms with Crippen molar-refractivity contribution in [2.75, 3.05) is 5.32 Å². The third-order valence-electron chi connectivity index (χ3n) is 3.71. The minimum Gasteiger partial charge on any atom is -0.348 e. The van der Waals surface area contributed by atoms with E-state index in [1.165, 1.54) is 5.56 Å². The van der Waals surface area contributed by atoms with Crippen LogP contribution in [0.4, 0.5) is 10.5 Å². The Hall–Kier alpha value is -2.34. The molecule has 2 amide bonds. The molecular weight excluding hydrogens is 278 g/mol. The predicted octanol–water partition coefficient (Wildman–Crippen LogP) is 2.54. The van der Waals surface area contributed by atoms with Crippen LogP contribution in [0.3, 0.4) is 0 Å². The van der Waals surface area contributed by atoms with Gasteiger partial charge < -0.3 is 20.9 Å². The molecule has 1 atom stereocenters. The lowest BCUT2D eigenvalue weighted by atomic mass is 10.1. The van der Waals surface area contributed by atoms with Crippen molar-refractivity contribution in [2.24, 2.45) is 0 Å². The number of amides is 2. The molecule has 1 fully saturated rings. The minimum absolute atomic E-state index is 0.126. The van der Waals surface area contributed by atoms with Crippen LogP contribution < -0.4 is 16.0 Å². The summed E-state index contributed by atoms with van der Waals surface area (Å²) < 4.78 is 0. The van der Waals surface area contributed by atoms with E-state index in [4.69, 9.17) is 0 Å². The molecule has 116 valence electrons. The number of carbonyl (C=O) groups excluding carboxylic acids is 1. The van der Waals surface area contributed by atoms with Gasteiger partial charge >= 0.3 is 6.03 Å². The maximum atomic E-state index is 11.7. The van der Waals surface area contributed by atoms with E-state index in [0.29, 0.717) is 12.6 Å². The number of aromatic amines is 1. The predicted molar refractivity (Wildman–Crippen MR) is 85.5 cm³/mol. The number of nitrogens with one attached hydrogen (secondary N) is 4. The molecule has 6 heteroatoms. The van der Waals surface area contributed by atoms with E-state index in [9.17, 15) is 4.79 Å². The van der Waals surface area contributed by atoms with Gasteiger partial charge in [0.25, 0.3) is 0 Å². The lowest BCUT2D eigenvalue weighted by molar-refractivity contribution is 0.251. The summed E-state index contributed by atoms with van der Waals surface area (Å²) in [4.78, 5) is 18.9. The Labute approximate surface area is 129 Å². The van der Waals surface area contributed by atoms with Crippen LogP contribution in [0.15, 0.2) is 36.7 Å². The smallest absolute Gasteiger partial charge is 0.319 e. The summed E-state index contributed by atoms with van der Waals surface area (Å²) in [6.45, 7) is 2.79. The van der Waals surface area contributed by atoms with E-state index in [-0.39, 0.29) is 12.1 Å². The maximum Gasteiger partial charge on any atom is 0.319 e. The first-order valence-electron chi connectivity index (χ1n) is 7.60. The van der Waals surface area contributed by atoms with Crippen molar-refractivity contribution in [1.82, 2.24) is 20.6 Å². The molecule has 1 aliphatic carbocycles. The summed E-state index contributed by atoms with van der Waals surface area (Å²) in [6, 6.07) is 8.34. The molecule has 3 rings (SSSR count). The summed E-state index contributed by atoms with van der Waals surface area (Å²) in [7, 11) is 0. The van der Waals surface area contributed by atoms with Crippen LogP contribution in [-0.2, 0) is 6.54 Å². The van der Waals surface area contributed by atoms with Gasteiger partial charge in [0, 0.05) is 30.2 Å². The first-order chi connectivity index (χ1) is 10.7. The van der Waals surface area contributed by atoms with Crippen LogP contribution in [0.25, 0.3) is 0 Å². The van der Waals surface area contributed by atoms with Crippen LogP contribution in [0.5, 0.6) is 0 Å². The normalized spacial score (nSPS) is 15.3. The van der Waals surface area contributed by atoms with Crippen molar-refractivity contribution < 1.29 is 4.79 Å². The summed E-state index contributed by atoms with van der Waals surface area (Å²) in [6.07, 6.45) is 5.74. The fraction of sp³-hybridized carbons (Fsp3) is 0.375. The number of hydrogen-bond donors (Lipinski definition) is 4. The molecular formula is C16H21N5O. The van der Waals surface area contributed by atoms with Gasteiger partial charge in [-0.3, -0.25) is 0 Å². The molecule has 1 aromatic carbocycles. The second-order valence-electron chi connectivity index (χ2n) is 5.63. The third-order valence-corrected chi connectivity index (χ3v) is 3.71. The van der Waals surface area contributed by atoms with Crippen molar-refractivity contribution in [3.63, 3.8) is 0 Å². The standard InChI is InChI=1S/C16H21N5O/c1-11(19-10-15-17-8-9-18-15)12-2-4-13(5-3-12)20-16(22)21-14-6-7-14/h2-5,8-9,11,14,19H,6-7,10H2,1H3,(H,17,18)(H2,20,21,22). The monoisotopic (exact) mass is 299 g/mol. The summed E-state index contributed by atoms with van der Waals surface area (Å²) in [5, 5.41) is 9.15. The number of aromatic nitrogens is 2. The highest BCUT2D eigenvalue weighted by Crippen LogP contribution is 2.19. The van der Waals surface area contributed by atoms with Crippen LogP contribution >= 0.6 is 0 Å². The molecule has 2 aromatic rings. The average Bonchev–Trinajstić information content (AvgIpc) is 3.16. The molecule has 6 nitrogen and oxygen atoms in total. The van der Waals surface area contributed by atoms with Crippen LogP contribution in [0.2, 0.25) is 0 Å². The molecule has 22 heavy (non-hydrogen) atoms. The van der Waals surface area contributed by atoms with Gasteiger partial charge in [-0.15, -0.1) is 0 Å². The number of urea groups is 1. The second kappa shape index (κ2) is 6.62. The number of nitrogens with zero attached hydrogens (tertiary/aromatic N) is 1. The zero-order chi connectivity index (χ0) is 15.4. The number of carbonyl (C=O) groups is 1. The lowest BCUT2D eigenvalue weighted by Crippen LogP contribution is -2.30. The molecule has 1 unspecified atom stereocenters. The first kappa shape index (κ1) is 14.6. The van der Waals surface area contributed by atoms with Crippen molar-refractivity contribution >= 4 is 11.7 Å². The van der Waals surface area contributed by atoms with E-state index in [1.807, 2.05) is 30.5 Å². The van der Waals surface area contributed by atoms with Gasteiger partial charge in [-0.05, 0) is 37.5 Å². The highest BCUT2D eigenvalue weighted by molar-refractivity contribution is 5.89. The largest absolute Gasteiger partial charge is 0.348 e. The number of imidazole rings is 1. The summed E-state index contributed by atoms with van der Waals surface area (Å²) in [5.74, 6) is 0.918. The topological polar surface area (TPSA) is 81.8 Å².